The maximum Gasteiger partial charge on any atom is 0.322 e. The van der Waals surface area contributed by atoms with Gasteiger partial charge < -0.3 is 15.2 Å². The van der Waals surface area contributed by atoms with Gasteiger partial charge in [0, 0.05) is 12.4 Å². The summed E-state index contributed by atoms with van der Waals surface area (Å²) in [6.45, 7) is 0.510. The largest absolute Gasteiger partial charge is 0.480 e. The number of carboxylic acid groups (broad SMARTS) is 1. The van der Waals surface area contributed by atoms with Crippen LogP contribution in [0.25, 0.3) is 0 Å². The van der Waals surface area contributed by atoms with Crippen LogP contribution in [0.2, 0.25) is 0 Å². The Bertz CT molecular complexity index is 241. The lowest BCUT2D eigenvalue weighted by molar-refractivity contribution is -0.137. The van der Waals surface area contributed by atoms with Gasteiger partial charge in [0.15, 0.2) is 0 Å². The number of thioether (sulfide) groups is 1. The zero-order valence-corrected chi connectivity index (χ0v) is 9.92. The first-order valence-electron chi connectivity index (χ1n) is 5.36. The van der Waals surface area contributed by atoms with E-state index in [2.05, 4.69) is 5.32 Å². The minimum atomic E-state index is -1.02. The fraction of sp³-hybridized carbons (Fsp3) is 0.800. The van der Waals surface area contributed by atoms with E-state index in [1.165, 1.54) is 18.2 Å². The van der Waals surface area contributed by atoms with Crippen LogP contribution in [0.1, 0.15) is 19.3 Å². The fourth-order valence-corrected chi connectivity index (χ4v) is 2.38. The van der Waals surface area contributed by atoms with E-state index in [1.807, 2.05) is 0 Å². The van der Waals surface area contributed by atoms with Gasteiger partial charge in [0.25, 0.3) is 0 Å². The maximum absolute atomic E-state index is 11.2. The molecule has 0 radical (unpaired) electrons. The number of carbonyl (C=O) groups excluding carboxylic acids is 1. The van der Waals surface area contributed by atoms with E-state index in [-0.39, 0.29) is 18.6 Å². The molecular formula is C10H17NO4S. The molecule has 1 aliphatic rings. The van der Waals surface area contributed by atoms with Crippen molar-refractivity contribution in [3.63, 3.8) is 0 Å². The summed E-state index contributed by atoms with van der Waals surface area (Å²) in [5, 5.41) is 10.7. The van der Waals surface area contributed by atoms with Gasteiger partial charge in [0.1, 0.15) is 6.54 Å². The molecule has 1 unspecified atom stereocenters. The number of hydrogen-bond donors (Lipinski definition) is 2. The number of aliphatic carboxylic acids is 1. The van der Waals surface area contributed by atoms with Crippen molar-refractivity contribution in [2.75, 3.05) is 24.7 Å². The molecule has 16 heavy (non-hydrogen) atoms. The first kappa shape index (κ1) is 13.3. The van der Waals surface area contributed by atoms with Gasteiger partial charge in [0.2, 0.25) is 5.91 Å². The highest BCUT2D eigenvalue weighted by atomic mass is 32.2. The van der Waals surface area contributed by atoms with Gasteiger partial charge in [-0.15, -0.1) is 11.8 Å². The van der Waals surface area contributed by atoms with Gasteiger partial charge in [-0.05, 0) is 19.3 Å². The van der Waals surface area contributed by atoms with Gasteiger partial charge in [-0.3, -0.25) is 9.59 Å². The van der Waals surface area contributed by atoms with Gasteiger partial charge in [-0.2, -0.15) is 0 Å². The topological polar surface area (TPSA) is 75.6 Å². The number of ether oxygens (including phenoxy) is 1. The molecular weight excluding hydrogens is 230 g/mol. The normalized spacial score (nSPS) is 20.4. The molecule has 0 aliphatic carbocycles. The Morgan fingerprint density at radius 1 is 1.44 bits per heavy atom. The molecule has 1 heterocycles. The molecule has 0 saturated carbocycles. The number of hydrogen-bond acceptors (Lipinski definition) is 4. The second kappa shape index (κ2) is 7.51. The summed E-state index contributed by atoms with van der Waals surface area (Å²) in [6.07, 6.45) is 3.63. The Kier molecular flexibility index (Phi) is 6.25. The highest BCUT2D eigenvalue weighted by Crippen LogP contribution is 2.16. The van der Waals surface area contributed by atoms with Crippen LogP contribution < -0.4 is 5.32 Å². The molecule has 5 nitrogen and oxygen atoms in total. The minimum absolute atomic E-state index is 0.233. The van der Waals surface area contributed by atoms with Gasteiger partial charge in [-0.25, -0.2) is 0 Å². The van der Waals surface area contributed by atoms with Crippen molar-refractivity contribution in [1.82, 2.24) is 5.32 Å². The van der Waals surface area contributed by atoms with Gasteiger partial charge in [0.05, 0.1) is 11.9 Å². The van der Waals surface area contributed by atoms with Crippen LogP contribution >= 0.6 is 11.8 Å². The van der Waals surface area contributed by atoms with Crippen molar-refractivity contribution >= 4 is 23.6 Å². The third kappa shape index (κ3) is 5.97. The van der Waals surface area contributed by atoms with E-state index in [0.29, 0.717) is 5.75 Å². The highest BCUT2D eigenvalue weighted by molar-refractivity contribution is 7.99. The van der Waals surface area contributed by atoms with Crippen molar-refractivity contribution in [3.8, 4) is 0 Å². The number of carboxylic acids is 1. The predicted molar refractivity (Wildman–Crippen MR) is 61.6 cm³/mol. The van der Waals surface area contributed by atoms with Crippen molar-refractivity contribution in [2.45, 2.75) is 25.4 Å². The third-order valence-electron chi connectivity index (χ3n) is 2.25. The first-order chi connectivity index (χ1) is 7.68. The van der Waals surface area contributed by atoms with E-state index in [1.54, 1.807) is 0 Å². The van der Waals surface area contributed by atoms with E-state index in [4.69, 9.17) is 9.84 Å². The molecule has 1 rings (SSSR count). The van der Waals surface area contributed by atoms with Crippen LogP contribution in [0.5, 0.6) is 0 Å². The number of amides is 1. The van der Waals surface area contributed by atoms with E-state index in [0.717, 1.165) is 25.2 Å². The average Bonchev–Trinajstić information content (AvgIpc) is 2.28. The lowest BCUT2D eigenvalue weighted by Gasteiger charge is -2.21. The van der Waals surface area contributed by atoms with E-state index in [9.17, 15) is 9.59 Å². The second-order valence-corrected chi connectivity index (χ2v) is 4.70. The van der Waals surface area contributed by atoms with Crippen molar-refractivity contribution in [3.05, 3.63) is 0 Å². The molecule has 1 saturated heterocycles. The Labute approximate surface area is 98.9 Å². The Morgan fingerprint density at radius 3 is 2.88 bits per heavy atom. The lowest BCUT2D eigenvalue weighted by Crippen LogP contribution is -2.31. The summed E-state index contributed by atoms with van der Waals surface area (Å²) < 4.78 is 5.51. The number of carbonyl (C=O) groups is 2. The lowest BCUT2D eigenvalue weighted by atomic mass is 10.1. The van der Waals surface area contributed by atoms with Crippen LogP contribution in [0.15, 0.2) is 0 Å². The molecule has 6 heteroatoms. The zero-order valence-electron chi connectivity index (χ0n) is 9.11. The van der Waals surface area contributed by atoms with Crippen LogP contribution in [-0.2, 0) is 14.3 Å². The summed E-state index contributed by atoms with van der Waals surface area (Å²) in [4.78, 5) is 21.3. The van der Waals surface area contributed by atoms with Crippen LogP contribution in [0.4, 0.5) is 0 Å². The second-order valence-electron chi connectivity index (χ2n) is 3.67. The third-order valence-corrected chi connectivity index (χ3v) is 3.32. The smallest absolute Gasteiger partial charge is 0.322 e. The molecule has 1 fully saturated rings. The summed E-state index contributed by atoms with van der Waals surface area (Å²) in [7, 11) is 0. The summed E-state index contributed by atoms with van der Waals surface area (Å²) in [6, 6.07) is 0. The van der Waals surface area contributed by atoms with Crippen LogP contribution in [0, 0.1) is 0 Å². The SMILES string of the molecule is O=C(O)CNC(=O)CSCC1CCCCO1. The maximum atomic E-state index is 11.2. The van der Waals surface area contributed by atoms with Crippen LogP contribution in [-0.4, -0.2) is 47.7 Å². The molecule has 0 aromatic carbocycles. The molecule has 1 atom stereocenters. The Balaban J connectivity index is 2.01. The zero-order chi connectivity index (χ0) is 11.8. The molecule has 0 aromatic rings. The minimum Gasteiger partial charge on any atom is -0.480 e. The van der Waals surface area contributed by atoms with Gasteiger partial charge >= 0.3 is 5.97 Å². The van der Waals surface area contributed by atoms with Crippen molar-refractivity contribution < 1.29 is 19.4 Å². The predicted octanol–water partition coefficient (Wildman–Crippen LogP) is 0.489. The van der Waals surface area contributed by atoms with Crippen molar-refractivity contribution in [2.24, 2.45) is 0 Å². The molecule has 0 bridgehead atoms. The monoisotopic (exact) mass is 247 g/mol. The number of nitrogens with one attached hydrogen (secondary N) is 1. The quantitative estimate of drug-likeness (QED) is 0.714. The average molecular weight is 247 g/mol. The van der Waals surface area contributed by atoms with Gasteiger partial charge in [-0.1, -0.05) is 0 Å². The highest BCUT2D eigenvalue weighted by Gasteiger charge is 2.14. The number of rotatable bonds is 6. The molecule has 1 amide bonds. The molecule has 1 aliphatic heterocycles. The molecule has 92 valence electrons. The first-order valence-corrected chi connectivity index (χ1v) is 6.52. The fourth-order valence-electron chi connectivity index (χ4n) is 1.45. The molecule has 0 aromatic heterocycles. The van der Waals surface area contributed by atoms with Crippen LogP contribution in [0.3, 0.4) is 0 Å². The van der Waals surface area contributed by atoms with E-state index >= 15 is 0 Å². The standard InChI is InChI=1S/C10H17NO4S/c12-9(11-5-10(13)14)7-16-6-8-3-1-2-4-15-8/h8H,1-7H2,(H,11,12)(H,13,14). The van der Waals surface area contributed by atoms with Crippen molar-refractivity contribution in [1.29, 1.82) is 0 Å². The summed E-state index contributed by atoms with van der Waals surface area (Å²) in [5.74, 6) is -0.148. The molecule has 0 spiro atoms. The summed E-state index contributed by atoms with van der Waals surface area (Å²) >= 11 is 1.49. The molecule has 2 N–H and O–H groups in total. The van der Waals surface area contributed by atoms with E-state index < -0.39 is 5.97 Å². The summed E-state index contributed by atoms with van der Waals surface area (Å²) in [5.41, 5.74) is 0. The Morgan fingerprint density at radius 2 is 2.25 bits per heavy atom. The Hall–Kier alpha value is -0.750.